The van der Waals surface area contributed by atoms with Crippen LogP contribution in [0, 0.1) is 0 Å². The van der Waals surface area contributed by atoms with E-state index in [4.69, 9.17) is 16.3 Å². The molecular formula is C12H11BrClNO2. The first kappa shape index (κ1) is 12.8. The van der Waals surface area contributed by atoms with E-state index in [1.807, 2.05) is 24.3 Å². The molecule has 0 aliphatic carbocycles. The van der Waals surface area contributed by atoms with Crippen molar-refractivity contribution >= 4 is 38.4 Å². The molecule has 0 aliphatic heterocycles. The highest BCUT2D eigenvalue weighted by atomic mass is 79.9. The van der Waals surface area contributed by atoms with Crippen molar-refractivity contribution in [2.75, 3.05) is 6.61 Å². The lowest BCUT2D eigenvalue weighted by molar-refractivity contribution is -0.0984. The van der Waals surface area contributed by atoms with Gasteiger partial charge in [-0.15, -0.1) is 0 Å². The van der Waals surface area contributed by atoms with E-state index in [0.717, 1.165) is 10.9 Å². The number of aliphatic hydroxyl groups is 1. The number of pyridine rings is 1. The fourth-order valence-electron chi connectivity index (χ4n) is 1.61. The van der Waals surface area contributed by atoms with Gasteiger partial charge in [0.05, 0.1) is 16.1 Å². The van der Waals surface area contributed by atoms with E-state index in [2.05, 4.69) is 20.9 Å². The van der Waals surface area contributed by atoms with E-state index in [-0.39, 0.29) is 0 Å². The smallest absolute Gasteiger partial charge is 0.185 e. The highest BCUT2D eigenvalue weighted by Gasteiger charge is 2.19. The Bertz CT molecular complexity index is 547. The molecule has 1 heterocycles. The summed E-state index contributed by atoms with van der Waals surface area (Å²) in [5.41, 5.74) is 1.24. The SMILES string of the molecule is CCOC(O)c1c(Br)nc2ccccc2c1Cl. The summed E-state index contributed by atoms with van der Waals surface area (Å²) in [6, 6.07) is 7.49. The highest BCUT2D eigenvalue weighted by Crippen LogP contribution is 2.35. The third kappa shape index (κ3) is 2.45. The molecule has 0 radical (unpaired) electrons. The highest BCUT2D eigenvalue weighted by molar-refractivity contribution is 9.10. The molecule has 1 unspecified atom stereocenters. The molecule has 0 spiro atoms. The van der Waals surface area contributed by atoms with Gasteiger partial charge in [-0.3, -0.25) is 0 Å². The van der Waals surface area contributed by atoms with Crippen molar-refractivity contribution in [3.05, 3.63) is 39.5 Å². The summed E-state index contributed by atoms with van der Waals surface area (Å²) >= 11 is 9.57. The van der Waals surface area contributed by atoms with Crippen LogP contribution in [0.5, 0.6) is 0 Å². The Kier molecular flexibility index (Phi) is 3.99. The Morgan fingerprint density at radius 2 is 2.18 bits per heavy atom. The molecule has 0 aliphatic rings. The fraction of sp³-hybridized carbons (Fsp3) is 0.250. The second kappa shape index (κ2) is 5.31. The Morgan fingerprint density at radius 3 is 2.88 bits per heavy atom. The second-order valence-electron chi connectivity index (χ2n) is 3.46. The van der Waals surface area contributed by atoms with Gasteiger partial charge in [-0.25, -0.2) is 4.98 Å². The predicted molar refractivity (Wildman–Crippen MR) is 71.0 cm³/mol. The van der Waals surface area contributed by atoms with Gasteiger partial charge in [-0.1, -0.05) is 29.8 Å². The van der Waals surface area contributed by atoms with Crippen LogP contribution in [0.1, 0.15) is 18.8 Å². The maximum atomic E-state index is 9.86. The van der Waals surface area contributed by atoms with Gasteiger partial charge in [0.2, 0.25) is 0 Å². The van der Waals surface area contributed by atoms with E-state index in [9.17, 15) is 5.11 Å². The Labute approximate surface area is 113 Å². The first-order valence-corrected chi connectivity index (χ1v) is 6.35. The average Bonchev–Trinajstić information content (AvgIpc) is 2.29. The molecule has 17 heavy (non-hydrogen) atoms. The predicted octanol–water partition coefficient (Wildman–Crippen LogP) is 3.68. The minimum Gasteiger partial charge on any atom is -0.364 e. The number of ether oxygens (including phenoxy) is 1. The number of rotatable bonds is 3. The first-order valence-electron chi connectivity index (χ1n) is 5.18. The zero-order valence-corrected chi connectivity index (χ0v) is 11.5. The van der Waals surface area contributed by atoms with Gasteiger partial charge >= 0.3 is 0 Å². The third-order valence-corrected chi connectivity index (χ3v) is 3.40. The number of fused-ring (bicyclic) bond motifs is 1. The maximum Gasteiger partial charge on any atom is 0.185 e. The summed E-state index contributed by atoms with van der Waals surface area (Å²) < 4.78 is 5.64. The average molecular weight is 317 g/mol. The molecule has 0 saturated carbocycles. The summed E-state index contributed by atoms with van der Waals surface area (Å²) in [6.45, 7) is 2.20. The van der Waals surface area contributed by atoms with E-state index < -0.39 is 6.29 Å². The lowest BCUT2D eigenvalue weighted by Crippen LogP contribution is -2.06. The van der Waals surface area contributed by atoms with Gasteiger partial charge in [0.25, 0.3) is 0 Å². The van der Waals surface area contributed by atoms with Gasteiger partial charge in [-0.05, 0) is 28.9 Å². The number of halogens is 2. The number of benzene rings is 1. The van der Waals surface area contributed by atoms with Crippen LogP contribution in [-0.2, 0) is 4.74 Å². The molecule has 1 atom stereocenters. The molecule has 90 valence electrons. The summed E-state index contributed by atoms with van der Waals surface area (Å²) in [5.74, 6) is 0. The van der Waals surface area contributed by atoms with Gasteiger partial charge in [0, 0.05) is 12.0 Å². The van der Waals surface area contributed by atoms with Crippen molar-refractivity contribution in [1.29, 1.82) is 0 Å². The number of hydrogen-bond acceptors (Lipinski definition) is 3. The van der Waals surface area contributed by atoms with Crippen LogP contribution in [-0.4, -0.2) is 16.7 Å². The van der Waals surface area contributed by atoms with Crippen LogP contribution in [0.3, 0.4) is 0 Å². The monoisotopic (exact) mass is 315 g/mol. The Balaban J connectivity index is 2.63. The summed E-state index contributed by atoms with van der Waals surface area (Å²) in [5, 5.41) is 11.1. The lowest BCUT2D eigenvalue weighted by Gasteiger charge is -2.15. The van der Waals surface area contributed by atoms with Gasteiger partial charge in [0.15, 0.2) is 6.29 Å². The lowest BCUT2D eigenvalue weighted by atomic mass is 10.1. The summed E-state index contributed by atoms with van der Waals surface area (Å²) in [6.07, 6.45) is -1.07. The third-order valence-electron chi connectivity index (χ3n) is 2.39. The van der Waals surface area contributed by atoms with Crippen molar-refractivity contribution in [1.82, 2.24) is 4.98 Å². The van der Waals surface area contributed by atoms with Crippen molar-refractivity contribution in [3.63, 3.8) is 0 Å². The molecule has 0 saturated heterocycles. The molecule has 0 fully saturated rings. The number of aliphatic hydroxyl groups excluding tert-OH is 1. The molecule has 2 aromatic rings. The van der Waals surface area contributed by atoms with E-state index in [1.165, 1.54) is 0 Å². The molecule has 5 heteroatoms. The van der Waals surface area contributed by atoms with Crippen molar-refractivity contribution in [2.24, 2.45) is 0 Å². The largest absolute Gasteiger partial charge is 0.364 e. The normalized spacial score (nSPS) is 12.9. The molecular weight excluding hydrogens is 305 g/mol. The minimum atomic E-state index is -1.07. The molecule has 0 bridgehead atoms. The van der Waals surface area contributed by atoms with Crippen molar-refractivity contribution in [2.45, 2.75) is 13.2 Å². The molecule has 1 N–H and O–H groups in total. The van der Waals surface area contributed by atoms with Gasteiger partial charge < -0.3 is 9.84 Å². The first-order chi connectivity index (χ1) is 8.15. The van der Waals surface area contributed by atoms with Crippen LogP contribution in [0.4, 0.5) is 0 Å². The number of hydrogen-bond donors (Lipinski definition) is 1. The van der Waals surface area contributed by atoms with E-state index in [0.29, 0.717) is 21.8 Å². The van der Waals surface area contributed by atoms with E-state index in [1.54, 1.807) is 6.92 Å². The Morgan fingerprint density at radius 1 is 1.47 bits per heavy atom. The van der Waals surface area contributed by atoms with E-state index >= 15 is 0 Å². The molecule has 0 amide bonds. The zero-order chi connectivity index (χ0) is 12.4. The molecule has 2 rings (SSSR count). The van der Waals surface area contributed by atoms with Crippen LogP contribution >= 0.6 is 27.5 Å². The molecule has 1 aromatic carbocycles. The number of nitrogens with zero attached hydrogens (tertiary/aromatic N) is 1. The summed E-state index contributed by atoms with van der Waals surface area (Å²) in [4.78, 5) is 4.33. The fourth-order valence-corrected chi connectivity index (χ4v) is 2.65. The molecule has 1 aromatic heterocycles. The minimum absolute atomic E-state index is 0.400. The topological polar surface area (TPSA) is 42.4 Å². The van der Waals surface area contributed by atoms with Crippen LogP contribution in [0.2, 0.25) is 5.02 Å². The van der Waals surface area contributed by atoms with Crippen LogP contribution in [0.25, 0.3) is 10.9 Å². The van der Waals surface area contributed by atoms with Gasteiger partial charge in [-0.2, -0.15) is 0 Å². The van der Waals surface area contributed by atoms with Crippen LogP contribution < -0.4 is 0 Å². The quantitative estimate of drug-likeness (QED) is 0.694. The number of para-hydroxylation sites is 1. The molecule has 3 nitrogen and oxygen atoms in total. The zero-order valence-electron chi connectivity index (χ0n) is 9.15. The summed E-state index contributed by atoms with van der Waals surface area (Å²) in [7, 11) is 0. The Hall–Kier alpha value is -0.680. The van der Waals surface area contributed by atoms with Gasteiger partial charge in [0.1, 0.15) is 4.60 Å². The van der Waals surface area contributed by atoms with Crippen molar-refractivity contribution in [3.8, 4) is 0 Å². The second-order valence-corrected chi connectivity index (χ2v) is 4.58. The number of aromatic nitrogens is 1. The standard InChI is InChI=1S/C12H11BrClNO2/c1-2-17-12(16)9-10(14)7-5-3-4-6-8(7)15-11(9)13/h3-6,12,16H,2H2,1H3. The van der Waals surface area contributed by atoms with Crippen LogP contribution in [0.15, 0.2) is 28.9 Å². The maximum absolute atomic E-state index is 9.86. The van der Waals surface area contributed by atoms with Crippen molar-refractivity contribution < 1.29 is 9.84 Å².